The van der Waals surface area contributed by atoms with Gasteiger partial charge in [-0.05, 0) is 18.2 Å². The molecule has 0 atom stereocenters. The summed E-state index contributed by atoms with van der Waals surface area (Å²) in [6.45, 7) is 1.39. The van der Waals surface area contributed by atoms with Gasteiger partial charge in [-0.1, -0.05) is 0 Å². The fourth-order valence-corrected chi connectivity index (χ4v) is 2.92. The van der Waals surface area contributed by atoms with Crippen LogP contribution < -0.4 is 14.8 Å². The molecule has 120 valence electrons. The van der Waals surface area contributed by atoms with Crippen molar-refractivity contribution in [2.45, 2.75) is 11.8 Å². The summed E-state index contributed by atoms with van der Waals surface area (Å²) in [4.78, 5) is 26.7. The molecule has 9 nitrogen and oxygen atoms in total. The summed E-state index contributed by atoms with van der Waals surface area (Å²) in [7, 11) is -4.14. The predicted molar refractivity (Wildman–Crippen MR) is 76.5 cm³/mol. The number of sulfonamides is 1. The predicted octanol–water partition coefficient (Wildman–Crippen LogP) is 0.433. The monoisotopic (exact) mass is 337 g/mol. The Morgan fingerprint density at radius 2 is 2.17 bits per heavy atom. The number of nitrogens with zero attached hydrogens (tertiary/aromatic N) is 1. The molecule has 0 spiro atoms. The lowest BCUT2D eigenvalue weighted by atomic mass is 10.2. The largest absolute Gasteiger partial charge is 0.482 e. The average molecular weight is 337 g/mol. The van der Waals surface area contributed by atoms with Crippen LogP contribution in [0.5, 0.6) is 5.75 Å². The van der Waals surface area contributed by atoms with E-state index in [2.05, 4.69) is 10.3 Å². The Hall–Kier alpha value is -2.88. The normalized spacial score (nSPS) is 13.7. The van der Waals surface area contributed by atoms with Gasteiger partial charge < -0.3 is 14.5 Å². The van der Waals surface area contributed by atoms with Crippen LogP contribution in [-0.2, 0) is 14.8 Å². The number of benzene rings is 1. The van der Waals surface area contributed by atoms with Gasteiger partial charge in [0.15, 0.2) is 18.2 Å². The molecule has 10 heteroatoms. The van der Waals surface area contributed by atoms with Crippen LogP contribution in [0, 0.1) is 6.92 Å². The smallest absolute Gasteiger partial charge is 0.286 e. The highest BCUT2D eigenvalue weighted by Gasteiger charge is 2.24. The van der Waals surface area contributed by atoms with Gasteiger partial charge in [0.05, 0.1) is 10.6 Å². The van der Waals surface area contributed by atoms with Crippen molar-refractivity contribution in [1.82, 2.24) is 9.71 Å². The van der Waals surface area contributed by atoms with Gasteiger partial charge in [-0.3, -0.25) is 9.59 Å². The van der Waals surface area contributed by atoms with Crippen LogP contribution in [0.25, 0.3) is 0 Å². The molecule has 2 N–H and O–H groups in total. The Bertz CT molecular complexity index is 902. The SMILES string of the molecule is Cc1nc(C(=O)NS(=O)(=O)c2ccc3c(c2)NC(=O)CO3)co1. The Labute approximate surface area is 130 Å². The zero-order chi connectivity index (χ0) is 16.6. The summed E-state index contributed by atoms with van der Waals surface area (Å²) < 4.78 is 36.4. The number of carbonyl (C=O) groups excluding carboxylic acids is 2. The number of aromatic nitrogens is 1. The number of aryl methyl sites for hydroxylation is 1. The second-order valence-electron chi connectivity index (χ2n) is 4.68. The minimum Gasteiger partial charge on any atom is -0.482 e. The molecule has 1 aromatic carbocycles. The molecule has 2 heterocycles. The first-order valence-corrected chi connectivity index (χ1v) is 7.89. The van der Waals surface area contributed by atoms with Crippen LogP contribution in [0.1, 0.15) is 16.4 Å². The minimum absolute atomic E-state index is 0.138. The molecule has 0 bridgehead atoms. The van der Waals surface area contributed by atoms with Gasteiger partial charge >= 0.3 is 0 Å². The van der Waals surface area contributed by atoms with E-state index in [4.69, 9.17) is 9.15 Å². The van der Waals surface area contributed by atoms with Crippen LogP contribution in [0.4, 0.5) is 5.69 Å². The molecule has 2 aromatic rings. The zero-order valence-electron chi connectivity index (χ0n) is 11.8. The summed E-state index contributed by atoms with van der Waals surface area (Å²) in [6.07, 6.45) is 1.06. The molecule has 0 saturated heterocycles. The third kappa shape index (κ3) is 3.01. The zero-order valence-corrected chi connectivity index (χ0v) is 12.6. The Morgan fingerprint density at radius 3 is 2.87 bits per heavy atom. The second kappa shape index (κ2) is 5.39. The van der Waals surface area contributed by atoms with Crippen molar-refractivity contribution in [3.8, 4) is 5.75 Å². The van der Waals surface area contributed by atoms with Gasteiger partial charge in [0.1, 0.15) is 12.0 Å². The lowest BCUT2D eigenvalue weighted by Crippen LogP contribution is -2.31. The molecular formula is C13H11N3O6S. The molecule has 0 aliphatic carbocycles. The van der Waals surface area contributed by atoms with E-state index >= 15 is 0 Å². The third-order valence-electron chi connectivity index (χ3n) is 2.97. The van der Waals surface area contributed by atoms with Crippen LogP contribution >= 0.6 is 0 Å². The topological polar surface area (TPSA) is 128 Å². The van der Waals surface area contributed by atoms with Gasteiger partial charge in [-0.25, -0.2) is 18.1 Å². The van der Waals surface area contributed by atoms with E-state index in [1.807, 2.05) is 4.72 Å². The van der Waals surface area contributed by atoms with Crippen LogP contribution in [0.2, 0.25) is 0 Å². The van der Waals surface area contributed by atoms with Gasteiger partial charge in [-0.2, -0.15) is 0 Å². The minimum atomic E-state index is -4.14. The van der Waals surface area contributed by atoms with Crippen molar-refractivity contribution < 1.29 is 27.2 Å². The highest BCUT2D eigenvalue weighted by Crippen LogP contribution is 2.30. The number of hydrogen-bond acceptors (Lipinski definition) is 7. The first-order valence-electron chi connectivity index (χ1n) is 6.41. The van der Waals surface area contributed by atoms with Gasteiger partial charge in [0.2, 0.25) is 0 Å². The lowest BCUT2D eigenvalue weighted by molar-refractivity contribution is -0.118. The summed E-state index contributed by atoms with van der Waals surface area (Å²) in [5.41, 5.74) is 0.0644. The Balaban J connectivity index is 1.86. The number of ether oxygens (including phenoxy) is 1. The van der Waals surface area contributed by atoms with Crippen LogP contribution in [0.3, 0.4) is 0 Å². The summed E-state index contributed by atoms with van der Waals surface area (Å²) in [5.74, 6) is -0.725. The van der Waals surface area contributed by atoms with Gasteiger partial charge in [0.25, 0.3) is 21.8 Å². The third-order valence-corrected chi connectivity index (χ3v) is 4.30. The molecule has 23 heavy (non-hydrogen) atoms. The lowest BCUT2D eigenvalue weighted by Gasteiger charge is -2.18. The number of oxazole rings is 1. The number of nitrogens with one attached hydrogen (secondary N) is 2. The number of fused-ring (bicyclic) bond motifs is 1. The first kappa shape index (κ1) is 15.0. The van der Waals surface area contributed by atoms with E-state index in [1.54, 1.807) is 0 Å². The molecule has 2 amide bonds. The van der Waals surface area contributed by atoms with E-state index in [-0.39, 0.29) is 28.8 Å². The fourth-order valence-electron chi connectivity index (χ4n) is 1.93. The van der Waals surface area contributed by atoms with E-state index in [0.717, 1.165) is 6.26 Å². The van der Waals surface area contributed by atoms with Gasteiger partial charge in [0, 0.05) is 6.92 Å². The highest BCUT2D eigenvalue weighted by atomic mass is 32.2. The van der Waals surface area contributed by atoms with E-state index in [0.29, 0.717) is 5.75 Å². The Morgan fingerprint density at radius 1 is 1.39 bits per heavy atom. The molecule has 0 unspecified atom stereocenters. The maximum absolute atomic E-state index is 12.2. The van der Waals surface area contributed by atoms with E-state index in [1.165, 1.54) is 25.1 Å². The van der Waals surface area contributed by atoms with Crippen molar-refractivity contribution in [3.63, 3.8) is 0 Å². The first-order chi connectivity index (χ1) is 10.8. The van der Waals surface area contributed by atoms with Crippen LogP contribution in [0.15, 0.2) is 33.8 Å². The fraction of sp³-hybridized carbons (Fsp3) is 0.154. The number of amides is 2. The van der Waals surface area contributed by atoms with Gasteiger partial charge in [-0.15, -0.1) is 0 Å². The number of carbonyl (C=O) groups is 2. The van der Waals surface area contributed by atoms with E-state index < -0.39 is 21.8 Å². The van der Waals surface area contributed by atoms with Crippen molar-refractivity contribution in [2.24, 2.45) is 0 Å². The maximum atomic E-state index is 12.2. The number of rotatable bonds is 3. The molecule has 0 radical (unpaired) electrons. The molecule has 3 rings (SSSR count). The van der Waals surface area contributed by atoms with Crippen molar-refractivity contribution in [3.05, 3.63) is 36.0 Å². The molecule has 0 saturated carbocycles. The van der Waals surface area contributed by atoms with Crippen LogP contribution in [-0.4, -0.2) is 31.8 Å². The molecule has 1 aliphatic heterocycles. The molecule has 0 fully saturated rings. The summed E-state index contributed by atoms with van der Waals surface area (Å²) in [6, 6.07) is 3.87. The highest BCUT2D eigenvalue weighted by molar-refractivity contribution is 7.90. The Kier molecular flexibility index (Phi) is 3.52. The summed E-state index contributed by atoms with van der Waals surface area (Å²) >= 11 is 0. The quantitative estimate of drug-likeness (QED) is 0.831. The molecule has 1 aromatic heterocycles. The summed E-state index contributed by atoms with van der Waals surface area (Å²) in [5, 5.41) is 2.49. The molecule has 1 aliphatic rings. The van der Waals surface area contributed by atoms with Crippen molar-refractivity contribution >= 4 is 27.5 Å². The van der Waals surface area contributed by atoms with Crippen molar-refractivity contribution in [2.75, 3.05) is 11.9 Å². The second-order valence-corrected chi connectivity index (χ2v) is 6.36. The molecular weight excluding hydrogens is 326 g/mol. The number of hydrogen-bond donors (Lipinski definition) is 2. The van der Waals surface area contributed by atoms with Crippen molar-refractivity contribution in [1.29, 1.82) is 0 Å². The average Bonchev–Trinajstić information content (AvgIpc) is 2.92. The maximum Gasteiger partial charge on any atom is 0.286 e. The standard InChI is InChI=1S/C13H11N3O6S/c1-7-14-10(5-21-7)13(18)16-23(19,20)8-2-3-11-9(4-8)15-12(17)6-22-11/h2-5H,6H2,1H3,(H,15,17)(H,16,18). The van der Waals surface area contributed by atoms with E-state index in [9.17, 15) is 18.0 Å². The number of anilines is 1.